The van der Waals surface area contributed by atoms with Crippen molar-refractivity contribution in [2.24, 2.45) is 0 Å². The second-order valence-electron chi connectivity index (χ2n) is 7.29. The van der Waals surface area contributed by atoms with Gasteiger partial charge in [-0.05, 0) is 62.2 Å². The molecule has 1 atom stereocenters. The van der Waals surface area contributed by atoms with Crippen molar-refractivity contribution in [2.45, 2.75) is 45.9 Å². The molecule has 0 saturated carbocycles. The van der Waals surface area contributed by atoms with E-state index in [2.05, 4.69) is 17.1 Å². The minimum Gasteiger partial charge on any atom is -0.490 e. The predicted molar refractivity (Wildman–Crippen MR) is 120 cm³/mol. The van der Waals surface area contributed by atoms with E-state index in [9.17, 15) is 0 Å². The molecule has 1 saturated heterocycles. The predicted octanol–water partition coefficient (Wildman–Crippen LogP) is 5.55. The maximum atomic E-state index is 6.55. The van der Waals surface area contributed by atoms with Crippen LogP contribution in [0.1, 0.15) is 37.8 Å². The van der Waals surface area contributed by atoms with Crippen LogP contribution in [0.3, 0.4) is 0 Å². The van der Waals surface area contributed by atoms with Gasteiger partial charge in [0.05, 0.1) is 6.61 Å². The van der Waals surface area contributed by atoms with Crippen LogP contribution in [0.2, 0.25) is 10.0 Å². The van der Waals surface area contributed by atoms with Crippen LogP contribution in [-0.4, -0.2) is 37.2 Å². The average Bonchev–Trinajstić information content (AvgIpc) is 3.18. The number of ether oxygens (including phenoxy) is 2. The molecule has 1 unspecified atom stereocenters. The number of halogens is 2. The van der Waals surface area contributed by atoms with Crippen LogP contribution < -0.4 is 14.8 Å². The molecule has 2 aromatic carbocycles. The van der Waals surface area contributed by atoms with Gasteiger partial charge in [0.15, 0.2) is 11.5 Å². The molecule has 4 nitrogen and oxygen atoms in total. The van der Waals surface area contributed by atoms with Gasteiger partial charge in [0.2, 0.25) is 0 Å². The number of benzene rings is 2. The number of nitrogens with one attached hydrogen (secondary N) is 1. The minimum absolute atomic E-state index is 0.430. The number of rotatable bonds is 10. The van der Waals surface area contributed by atoms with Crippen molar-refractivity contribution >= 4 is 23.2 Å². The summed E-state index contributed by atoms with van der Waals surface area (Å²) in [5.74, 6) is 1.38. The molecule has 3 rings (SSSR count). The van der Waals surface area contributed by atoms with Gasteiger partial charge in [-0.3, -0.25) is 4.90 Å². The van der Waals surface area contributed by atoms with Crippen molar-refractivity contribution in [1.82, 2.24) is 10.2 Å². The van der Waals surface area contributed by atoms with Crippen LogP contribution in [-0.2, 0) is 13.2 Å². The first-order chi connectivity index (χ1) is 14.1. The van der Waals surface area contributed by atoms with E-state index in [0.29, 0.717) is 41.6 Å². The molecule has 0 radical (unpaired) electrons. The highest BCUT2D eigenvalue weighted by Gasteiger charge is 2.22. The Balaban J connectivity index is 1.62. The van der Waals surface area contributed by atoms with Crippen LogP contribution in [0, 0.1) is 0 Å². The first kappa shape index (κ1) is 22.2. The third kappa shape index (κ3) is 6.26. The van der Waals surface area contributed by atoms with Crippen LogP contribution in [0.5, 0.6) is 11.5 Å². The fourth-order valence-electron chi connectivity index (χ4n) is 3.75. The van der Waals surface area contributed by atoms with Crippen molar-refractivity contribution in [3.8, 4) is 11.5 Å². The number of hydrogen-bond donors (Lipinski definition) is 1. The van der Waals surface area contributed by atoms with Gasteiger partial charge in [0.25, 0.3) is 0 Å². The van der Waals surface area contributed by atoms with Crippen molar-refractivity contribution in [2.75, 3.05) is 26.2 Å². The summed E-state index contributed by atoms with van der Waals surface area (Å²) in [5.41, 5.74) is 2.06. The SMILES string of the molecule is CCOc1cc(CNCC2CCCN2CC)c(Cl)cc1OCc1ccc(Cl)cc1. The summed E-state index contributed by atoms with van der Waals surface area (Å²) >= 11 is 12.5. The van der Waals surface area contributed by atoms with Crippen LogP contribution >= 0.6 is 23.2 Å². The fraction of sp³-hybridized carbons (Fsp3) is 0.478. The number of hydrogen-bond acceptors (Lipinski definition) is 4. The molecule has 0 spiro atoms. The van der Waals surface area contributed by atoms with Gasteiger partial charge >= 0.3 is 0 Å². The molecule has 158 valence electrons. The Bertz CT molecular complexity index is 783. The fourth-order valence-corrected chi connectivity index (χ4v) is 4.10. The molecule has 1 heterocycles. The Hall–Kier alpha value is -1.46. The number of nitrogens with zero attached hydrogens (tertiary/aromatic N) is 1. The maximum absolute atomic E-state index is 6.55. The second-order valence-corrected chi connectivity index (χ2v) is 8.14. The van der Waals surface area contributed by atoms with Gasteiger partial charge in [-0.25, -0.2) is 0 Å². The Morgan fingerprint density at radius 1 is 1.07 bits per heavy atom. The van der Waals surface area contributed by atoms with Crippen molar-refractivity contribution < 1.29 is 9.47 Å². The zero-order valence-corrected chi connectivity index (χ0v) is 18.7. The molecule has 2 aromatic rings. The minimum atomic E-state index is 0.430. The van der Waals surface area contributed by atoms with E-state index < -0.39 is 0 Å². The molecule has 1 aliphatic heterocycles. The van der Waals surface area contributed by atoms with Crippen LogP contribution in [0.4, 0.5) is 0 Å². The zero-order chi connectivity index (χ0) is 20.6. The molecule has 0 aliphatic carbocycles. The number of likely N-dealkylation sites (N-methyl/N-ethyl adjacent to an activating group) is 1. The van der Waals surface area contributed by atoms with Gasteiger partial charge in [0, 0.05) is 35.2 Å². The zero-order valence-electron chi connectivity index (χ0n) is 17.2. The topological polar surface area (TPSA) is 33.7 Å². The van der Waals surface area contributed by atoms with Gasteiger partial charge in [-0.2, -0.15) is 0 Å². The van der Waals surface area contributed by atoms with Crippen LogP contribution in [0.15, 0.2) is 36.4 Å². The average molecular weight is 437 g/mol. The molecule has 0 bridgehead atoms. The smallest absolute Gasteiger partial charge is 0.163 e. The van der Waals surface area contributed by atoms with E-state index >= 15 is 0 Å². The maximum Gasteiger partial charge on any atom is 0.163 e. The van der Waals surface area contributed by atoms with E-state index in [0.717, 1.165) is 30.0 Å². The van der Waals surface area contributed by atoms with E-state index in [1.165, 1.54) is 19.4 Å². The van der Waals surface area contributed by atoms with E-state index in [1.54, 1.807) is 0 Å². The quantitative estimate of drug-likeness (QED) is 0.529. The highest BCUT2D eigenvalue weighted by Crippen LogP contribution is 2.34. The Morgan fingerprint density at radius 2 is 1.83 bits per heavy atom. The summed E-state index contributed by atoms with van der Waals surface area (Å²) in [6.07, 6.45) is 2.55. The lowest BCUT2D eigenvalue weighted by Gasteiger charge is -2.23. The highest BCUT2D eigenvalue weighted by molar-refractivity contribution is 6.31. The molecule has 1 N–H and O–H groups in total. The largest absolute Gasteiger partial charge is 0.490 e. The molecular formula is C23H30Cl2N2O2. The lowest BCUT2D eigenvalue weighted by atomic mass is 10.1. The molecule has 29 heavy (non-hydrogen) atoms. The van der Waals surface area contributed by atoms with Crippen molar-refractivity contribution in [3.05, 3.63) is 57.6 Å². The summed E-state index contributed by atoms with van der Waals surface area (Å²) in [5, 5.41) is 4.96. The van der Waals surface area contributed by atoms with Crippen LogP contribution in [0.25, 0.3) is 0 Å². The van der Waals surface area contributed by atoms with Gasteiger partial charge < -0.3 is 14.8 Å². The standard InChI is InChI=1S/C23H30Cl2N2O2/c1-3-27-11-5-6-20(27)15-26-14-18-12-22(28-4-2)23(13-21(18)25)29-16-17-7-9-19(24)10-8-17/h7-10,12-13,20,26H,3-6,11,14-16H2,1-2H3. The summed E-state index contributed by atoms with van der Waals surface area (Å²) in [6, 6.07) is 12.1. The second kappa shape index (κ2) is 11.1. The van der Waals surface area contributed by atoms with Gasteiger partial charge in [-0.1, -0.05) is 42.3 Å². The monoisotopic (exact) mass is 436 g/mol. The first-order valence-corrected chi connectivity index (χ1v) is 11.1. The Kier molecular flexibility index (Phi) is 8.49. The van der Waals surface area contributed by atoms with Gasteiger partial charge in [-0.15, -0.1) is 0 Å². The summed E-state index contributed by atoms with van der Waals surface area (Å²) in [4.78, 5) is 2.54. The Labute approximate surface area is 184 Å². The molecule has 1 fully saturated rings. The van der Waals surface area contributed by atoms with Gasteiger partial charge in [0.1, 0.15) is 6.61 Å². The number of likely N-dealkylation sites (tertiary alicyclic amines) is 1. The normalized spacial score (nSPS) is 16.9. The molecular weight excluding hydrogens is 407 g/mol. The van der Waals surface area contributed by atoms with Crippen molar-refractivity contribution in [1.29, 1.82) is 0 Å². The summed E-state index contributed by atoms with van der Waals surface area (Å²) in [6.45, 7) is 9.20. The molecule has 0 aromatic heterocycles. The molecule has 0 amide bonds. The molecule has 1 aliphatic rings. The summed E-state index contributed by atoms with van der Waals surface area (Å²) < 4.78 is 11.8. The third-order valence-electron chi connectivity index (χ3n) is 5.32. The van der Waals surface area contributed by atoms with E-state index in [4.69, 9.17) is 32.7 Å². The highest BCUT2D eigenvalue weighted by atomic mass is 35.5. The lowest BCUT2D eigenvalue weighted by molar-refractivity contribution is 0.259. The Morgan fingerprint density at radius 3 is 2.55 bits per heavy atom. The van der Waals surface area contributed by atoms with E-state index in [1.807, 2.05) is 43.3 Å². The van der Waals surface area contributed by atoms with E-state index in [-0.39, 0.29) is 0 Å². The first-order valence-electron chi connectivity index (χ1n) is 10.4. The summed E-state index contributed by atoms with van der Waals surface area (Å²) in [7, 11) is 0. The molecule has 6 heteroatoms. The third-order valence-corrected chi connectivity index (χ3v) is 5.92. The van der Waals surface area contributed by atoms with Crippen molar-refractivity contribution in [3.63, 3.8) is 0 Å². The lowest BCUT2D eigenvalue weighted by Crippen LogP contribution is -2.37.